The van der Waals surface area contributed by atoms with Crippen molar-refractivity contribution in [2.24, 2.45) is 0 Å². The summed E-state index contributed by atoms with van der Waals surface area (Å²) in [5.74, 6) is 1.06. The van der Waals surface area contributed by atoms with E-state index in [2.05, 4.69) is 5.32 Å². The molecule has 1 amide bonds. The molecule has 7 heteroatoms. The number of furan rings is 1. The number of nitrogens with zero attached hydrogens (tertiary/aromatic N) is 1. The van der Waals surface area contributed by atoms with E-state index in [1.807, 2.05) is 45.0 Å². The van der Waals surface area contributed by atoms with Crippen LogP contribution in [-0.2, 0) is 0 Å². The lowest BCUT2D eigenvalue weighted by Gasteiger charge is -2.22. The molecule has 2 aromatic heterocycles. The molecule has 1 N–H and O–H groups in total. The number of fused-ring (bicyclic) bond motifs is 1. The first kappa shape index (κ1) is 19.2. The first-order chi connectivity index (χ1) is 12.8. The van der Waals surface area contributed by atoms with E-state index in [1.165, 1.54) is 6.07 Å². The Balaban J connectivity index is 1.83. The van der Waals surface area contributed by atoms with Crippen LogP contribution in [0, 0.1) is 13.8 Å². The van der Waals surface area contributed by atoms with Gasteiger partial charge in [-0.1, -0.05) is 11.6 Å². The number of hydrogen-bond donors (Lipinski definition) is 1. The van der Waals surface area contributed by atoms with Crippen LogP contribution in [0.3, 0.4) is 0 Å². The Morgan fingerprint density at radius 2 is 1.93 bits per heavy atom. The highest BCUT2D eigenvalue weighted by molar-refractivity contribution is 6.32. The fourth-order valence-corrected chi connectivity index (χ4v) is 3.00. The van der Waals surface area contributed by atoms with E-state index < -0.39 is 5.91 Å². The van der Waals surface area contributed by atoms with Gasteiger partial charge in [-0.2, -0.15) is 0 Å². The number of likely N-dealkylation sites (N-methyl/N-ethyl adjacent to an activating group) is 1. The minimum absolute atomic E-state index is 0.0395. The lowest BCUT2D eigenvalue weighted by molar-refractivity contribution is 0.0911. The molecule has 0 aliphatic rings. The molecule has 0 saturated carbocycles. The summed E-state index contributed by atoms with van der Waals surface area (Å²) in [5.41, 5.74) is 0.792. The number of carbonyl (C=O) groups is 1. The minimum Gasteiger partial charge on any atom is -0.465 e. The van der Waals surface area contributed by atoms with Crippen molar-refractivity contribution in [3.05, 3.63) is 68.4 Å². The topological polar surface area (TPSA) is 75.7 Å². The first-order valence-corrected chi connectivity index (χ1v) is 8.89. The largest absolute Gasteiger partial charge is 0.465 e. The number of benzene rings is 1. The number of amides is 1. The third kappa shape index (κ3) is 4.07. The Kier molecular flexibility index (Phi) is 5.39. The minimum atomic E-state index is -0.461. The van der Waals surface area contributed by atoms with Crippen molar-refractivity contribution in [2.45, 2.75) is 19.9 Å². The molecule has 0 spiro atoms. The third-order valence-electron chi connectivity index (χ3n) is 4.40. The fraction of sp³-hybridized carbons (Fsp3) is 0.300. The summed E-state index contributed by atoms with van der Waals surface area (Å²) in [5, 5.41) is 3.63. The van der Waals surface area contributed by atoms with Gasteiger partial charge >= 0.3 is 0 Å². The van der Waals surface area contributed by atoms with E-state index in [1.54, 1.807) is 12.1 Å². The molecule has 0 bridgehead atoms. The van der Waals surface area contributed by atoms with Crippen molar-refractivity contribution >= 4 is 28.5 Å². The van der Waals surface area contributed by atoms with Crippen LogP contribution in [0.4, 0.5) is 0 Å². The Morgan fingerprint density at radius 3 is 2.56 bits per heavy atom. The molecule has 0 fully saturated rings. The molecule has 0 aliphatic carbocycles. The molecule has 0 aliphatic heterocycles. The van der Waals surface area contributed by atoms with Gasteiger partial charge in [-0.05, 0) is 57.8 Å². The quantitative estimate of drug-likeness (QED) is 0.721. The van der Waals surface area contributed by atoms with E-state index in [-0.39, 0.29) is 17.2 Å². The summed E-state index contributed by atoms with van der Waals surface area (Å²) in [6.07, 6.45) is 0. The van der Waals surface area contributed by atoms with Crippen LogP contribution >= 0.6 is 11.6 Å². The maximum absolute atomic E-state index is 12.5. The van der Waals surface area contributed by atoms with E-state index in [9.17, 15) is 9.59 Å². The van der Waals surface area contributed by atoms with E-state index >= 15 is 0 Å². The van der Waals surface area contributed by atoms with Crippen molar-refractivity contribution in [3.8, 4) is 0 Å². The zero-order valence-electron chi connectivity index (χ0n) is 15.6. The van der Waals surface area contributed by atoms with E-state index in [0.29, 0.717) is 22.5 Å². The maximum Gasteiger partial charge on any atom is 0.287 e. The van der Waals surface area contributed by atoms with Crippen LogP contribution in [-0.4, -0.2) is 31.4 Å². The smallest absolute Gasteiger partial charge is 0.287 e. The lowest BCUT2D eigenvalue weighted by Crippen LogP contribution is -2.34. The summed E-state index contributed by atoms with van der Waals surface area (Å²) >= 11 is 6.06. The van der Waals surface area contributed by atoms with Crippen LogP contribution in [0.1, 0.15) is 33.7 Å². The van der Waals surface area contributed by atoms with Gasteiger partial charge < -0.3 is 14.2 Å². The van der Waals surface area contributed by atoms with Crippen LogP contribution in [0.2, 0.25) is 5.02 Å². The van der Waals surface area contributed by atoms with Crippen LogP contribution < -0.4 is 10.7 Å². The predicted octanol–water partition coefficient (Wildman–Crippen LogP) is 3.69. The van der Waals surface area contributed by atoms with Crippen molar-refractivity contribution in [1.29, 1.82) is 0 Å². The average molecular weight is 389 g/mol. The van der Waals surface area contributed by atoms with Gasteiger partial charge in [-0.25, -0.2) is 0 Å². The Bertz CT molecular complexity index is 1050. The Labute approximate surface area is 161 Å². The number of aryl methyl sites for hydroxylation is 2. The molecular weight excluding hydrogens is 368 g/mol. The summed E-state index contributed by atoms with van der Waals surface area (Å²) in [6, 6.07) is 8.02. The molecule has 27 heavy (non-hydrogen) atoms. The number of halogens is 1. The van der Waals surface area contributed by atoms with Crippen LogP contribution in [0.15, 0.2) is 44.0 Å². The second-order valence-electron chi connectivity index (χ2n) is 6.71. The Hall–Kier alpha value is -2.57. The van der Waals surface area contributed by atoms with Crippen molar-refractivity contribution in [2.75, 3.05) is 20.6 Å². The van der Waals surface area contributed by atoms with Crippen LogP contribution in [0.25, 0.3) is 11.0 Å². The highest BCUT2D eigenvalue weighted by atomic mass is 35.5. The molecule has 1 aromatic carbocycles. The zero-order chi connectivity index (χ0) is 19.7. The molecule has 0 unspecified atom stereocenters. The molecule has 142 valence electrons. The maximum atomic E-state index is 12.5. The molecule has 6 nitrogen and oxygen atoms in total. The molecule has 3 aromatic rings. The van der Waals surface area contributed by atoms with Gasteiger partial charge in [-0.3, -0.25) is 14.5 Å². The summed E-state index contributed by atoms with van der Waals surface area (Å²) < 4.78 is 11.3. The van der Waals surface area contributed by atoms with E-state index in [0.717, 1.165) is 17.1 Å². The third-order valence-corrected chi connectivity index (χ3v) is 4.81. The Morgan fingerprint density at radius 1 is 1.19 bits per heavy atom. The van der Waals surface area contributed by atoms with Gasteiger partial charge in [-0.15, -0.1) is 0 Å². The van der Waals surface area contributed by atoms with Gasteiger partial charge in [0.2, 0.25) is 0 Å². The van der Waals surface area contributed by atoms with Crippen molar-refractivity contribution in [3.63, 3.8) is 0 Å². The number of rotatable bonds is 5. The number of hydrogen-bond acceptors (Lipinski definition) is 5. The fourth-order valence-electron chi connectivity index (χ4n) is 2.84. The molecule has 3 rings (SSSR count). The van der Waals surface area contributed by atoms with Crippen molar-refractivity contribution < 1.29 is 13.6 Å². The van der Waals surface area contributed by atoms with Crippen LogP contribution in [0.5, 0.6) is 0 Å². The number of nitrogens with one attached hydrogen (secondary N) is 1. The van der Waals surface area contributed by atoms with Gasteiger partial charge in [0, 0.05) is 17.6 Å². The predicted molar refractivity (Wildman–Crippen MR) is 104 cm³/mol. The molecule has 2 heterocycles. The van der Waals surface area contributed by atoms with E-state index in [4.69, 9.17) is 20.4 Å². The summed E-state index contributed by atoms with van der Waals surface area (Å²) in [6.45, 7) is 3.98. The highest BCUT2D eigenvalue weighted by Gasteiger charge is 2.20. The summed E-state index contributed by atoms with van der Waals surface area (Å²) in [7, 11) is 3.80. The van der Waals surface area contributed by atoms with Gasteiger partial charge in [0.15, 0.2) is 11.2 Å². The van der Waals surface area contributed by atoms with Gasteiger partial charge in [0.25, 0.3) is 5.91 Å². The second-order valence-corrected chi connectivity index (χ2v) is 7.12. The van der Waals surface area contributed by atoms with Gasteiger partial charge in [0.05, 0.1) is 11.4 Å². The molecule has 0 radical (unpaired) electrons. The molecular formula is C20H21ClN2O4. The van der Waals surface area contributed by atoms with Gasteiger partial charge in [0.1, 0.15) is 17.1 Å². The van der Waals surface area contributed by atoms with Crippen molar-refractivity contribution in [1.82, 2.24) is 10.2 Å². The lowest BCUT2D eigenvalue weighted by atomic mass is 10.1. The molecule has 1 atom stereocenters. The summed E-state index contributed by atoms with van der Waals surface area (Å²) in [4.78, 5) is 26.8. The first-order valence-electron chi connectivity index (χ1n) is 8.51. The second kappa shape index (κ2) is 7.58. The zero-order valence-corrected chi connectivity index (χ0v) is 16.4. The average Bonchev–Trinajstić information content (AvgIpc) is 3.02. The highest BCUT2D eigenvalue weighted by Crippen LogP contribution is 2.23. The normalized spacial score (nSPS) is 12.5. The standard InChI is InChI=1S/C20H21ClN2O4/c1-11-7-18-13(8-14(11)21)16(24)9-19(27-18)20(25)22-10-15(23(3)4)17-6-5-12(2)26-17/h5-9,15H,10H2,1-4H3,(H,22,25)/t15-/m0/s1. The monoisotopic (exact) mass is 388 g/mol. The molecule has 0 saturated heterocycles. The number of carbonyl (C=O) groups excluding carboxylic acids is 1. The SMILES string of the molecule is Cc1ccc([C@H](CNC(=O)c2cc(=O)c3cc(Cl)c(C)cc3o2)N(C)C)o1.